The van der Waals surface area contributed by atoms with Gasteiger partial charge in [-0.05, 0) is 6.92 Å². The van der Waals surface area contributed by atoms with Gasteiger partial charge < -0.3 is 5.11 Å². The van der Waals surface area contributed by atoms with Crippen LogP contribution in [0.3, 0.4) is 0 Å². The lowest BCUT2D eigenvalue weighted by Gasteiger charge is -1.96. The van der Waals surface area contributed by atoms with E-state index >= 15 is 0 Å². The molecule has 0 fully saturated rings. The summed E-state index contributed by atoms with van der Waals surface area (Å²) in [6.07, 6.45) is 0.590. The molecule has 0 saturated carbocycles. The maximum absolute atomic E-state index is 11.7. The van der Waals surface area contributed by atoms with Crippen LogP contribution in [0.5, 0.6) is 0 Å². The quantitative estimate of drug-likeness (QED) is 0.752. The molecule has 0 amide bonds. The molecule has 1 aromatic rings. The van der Waals surface area contributed by atoms with Crippen LogP contribution >= 0.6 is 0 Å². The lowest BCUT2D eigenvalue weighted by molar-refractivity contribution is -0.137. The minimum atomic E-state index is -0.925. The molecule has 1 heterocycles. The van der Waals surface area contributed by atoms with Gasteiger partial charge in [-0.1, -0.05) is 6.92 Å². The van der Waals surface area contributed by atoms with Gasteiger partial charge in [-0.15, -0.1) is 0 Å². The predicted octanol–water partition coefficient (Wildman–Crippen LogP) is 0.102. The molecule has 1 aromatic heterocycles. The van der Waals surface area contributed by atoms with Gasteiger partial charge in [0.15, 0.2) is 0 Å². The average molecular weight is 213 g/mol. The van der Waals surface area contributed by atoms with Crippen molar-refractivity contribution in [3.63, 3.8) is 0 Å². The molecular formula is C9H15N3O3. The van der Waals surface area contributed by atoms with E-state index in [-0.39, 0.29) is 18.7 Å². The Bertz CT molecular complexity index is 405. The Kier molecular flexibility index (Phi) is 3.65. The van der Waals surface area contributed by atoms with Gasteiger partial charge >= 0.3 is 11.7 Å². The summed E-state index contributed by atoms with van der Waals surface area (Å²) >= 11 is 0. The van der Waals surface area contributed by atoms with Gasteiger partial charge in [-0.3, -0.25) is 9.36 Å². The first kappa shape index (κ1) is 11.5. The van der Waals surface area contributed by atoms with Crippen molar-refractivity contribution in [3.8, 4) is 0 Å². The van der Waals surface area contributed by atoms with Crippen molar-refractivity contribution in [3.05, 3.63) is 16.3 Å². The highest BCUT2D eigenvalue weighted by atomic mass is 16.4. The van der Waals surface area contributed by atoms with Crippen molar-refractivity contribution >= 4 is 5.97 Å². The van der Waals surface area contributed by atoms with Crippen LogP contribution in [-0.2, 0) is 24.3 Å². The van der Waals surface area contributed by atoms with Gasteiger partial charge in [0.2, 0.25) is 0 Å². The van der Waals surface area contributed by atoms with Crippen molar-refractivity contribution in [2.45, 2.75) is 39.8 Å². The second kappa shape index (κ2) is 4.77. The van der Waals surface area contributed by atoms with E-state index in [0.717, 1.165) is 0 Å². The molecule has 0 saturated heterocycles. The van der Waals surface area contributed by atoms with Crippen molar-refractivity contribution in [2.75, 3.05) is 0 Å². The number of aromatic nitrogens is 3. The first-order valence-corrected chi connectivity index (χ1v) is 4.98. The van der Waals surface area contributed by atoms with Gasteiger partial charge in [-0.2, -0.15) is 5.10 Å². The zero-order valence-corrected chi connectivity index (χ0v) is 8.93. The Morgan fingerprint density at radius 1 is 1.47 bits per heavy atom. The predicted molar refractivity (Wildman–Crippen MR) is 53.8 cm³/mol. The van der Waals surface area contributed by atoms with Crippen molar-refractivity contribution in [2.24, 2.45) is 0 Å². The summed E-state index contributed by atoms with van der Waals surface area (Å²) in [6, 6.07) is 0. The Balaban J connectivity index is 2.94. The molecule has 0 aliphatic rings. The number of carbonyl (C=O) groups is 1. The number of aliphatic carboxylic acids is 1. The lowest BCUT2D eigenvalue weighted by Crippen LogP contribution is -2.25. The molecular weight excluding hydrogens is 198 g/mol. The number of carboxylic acid groups (broad SMARTS) is 1. The second-order valence-corrected chi connectivity index (χ2v) is 3.16. The Morgan fingerprint density at radius 2 is 2.13 bits per heavy atom. The summed E-state index contributed by atoms with van der Waals surface area (Å²) in [4.78, 5) is 22.0. The number of hydrogen-bond acceptors (Lipinski definition) is 3. The average Bonchev–Trinajstić information content (AvgIpc) is 2.51. The largest absolute Gasteiger partial charge is 0.481 e. The van der Waals surface area contributed by atoms with Gasteiger partial charge in [0.25, 0.3) is 0 Å². The molecule has 0 bridgehead atoms. The normalized spacial score (nSPS) is 10.5. The number of aryl methyl sites for hydroxylation is 2. The third kappa shape index (κ3) is 2.45. The fraction of sp³-hybridized carbons (Fsp3) is 0.667. The summed E-state index contributed by atoms with van der Waals surface area (Å²) in [6.45, 7) is 4.47. The maximum Gasteiger partial charge on any atom is 0.345 e. The van der Waals surface area contributed by atoms with Crippen LogP contribution in [0.25, 0.3) is 0 Å². The van der Waals surface area contributed by atoms with Crippen molar-refractivity contribution in [1.82, 2.24) is 14.3 Å². The van der Waals surface area contributed by atoms with Crippen LogP contribution in [0, 0.1) is 0 Å². The zero-order chi connectivity index (χ0) is 11.4. The van der Waals surface area contributed by atoms with Crippen LogP contribution in [0.15, 0.2) is 4.79 Å². The fourth-order valence-electron chi connectivity index (χ4n) is 1.41. The summed E-state index contributed by atoms with van der Waals surface area (Å²) in [5, 5.41) is 12.6. The molecule has 0 atom stereocenters. The van der Waals surface area contributed by atoms with Crippen molar-refractivity contribution < 1.29 is 9.90 Å². The van der Waals surface area contributed by atoms with E-state index < -0.39 is 5.97 Å². The summed E-state index contributed by atoms with van der Waals surface area (Å²) in [7, 11) is 0. The molecule has 84 valence electrons. The maximum atomic E-state index is 11.7. The third-order valence-electron chi connectivity index (χ3n) is 2.17. The minimum absolute atomic E-state index is 0.0796. The molecule has 0 aromatic carbocycles. The van der Waals surface area contributed by atoms with E-state index in [1.807, 2.05) is 13.8 Å². The zero-order valence-electron chi connectivity index (χ0n) is 8.93. The highest BCUT2D eigenvalue weighted by Gasteiger charge is 2.10. The van der Waals surface area contributed by atoms with E-state index in [1.54, 1.807) is 4.57 Å². The highest BCUT2D eigenvalue weighted by molar-refractivity contribution is 5.66. The molecule has 0 aliphatic carbocycles. The SMILES string of the molecule is CCc1nn(CCC(=O)O)c(=O)n1CC. The van der Waals surface area contributed by atoms with Gasteiger partial charge in [-0.25, -0.2) is 9.48 Å². The van der Waals surface area contributed by atoms with E-state index in [9.17, 15) is 9.59 Å². The monoisotopic (exact) mass is 213 g/mol. The Morgan fingerprint density at radius 3 is 2.53 bits per heavy atom. The first-order valence-electron chi connectivity index (χ1n) is 4.98. The summed E-state index contributed by atoms with van der Waals surface area (Å²) in [5.74, 6) is -0.223. The molecule has 0 radical (unpaired) electrons. The molecule has 15 heavy (non-hydrogen) atoms. The van der Waals surface area contributed by atoms with Gasteiger partial charge in [0, 0.05) is 13.0 Å². The smallest absolute Gasteiger partial charge is 0.345 e. The van der Waals surface area contributed by atoms with E-state index in [4.69, 9.17) is 5.11 Å². The number of nitrogens with zero attached hydrogens (tertiary/aromatic N) is 3. The topological polar surface area (TPSA) is 77.1 Å². The molecule has 0 unspecified atom stereocenters. The minimum Gasteiger partial charge on any atom is -0.481 e. The molecule has 1 rings (SSSR count). The van der Waals surface area contributed by atoms with Crippen LogP contribution in [0.1, 0.15) is 26.1 Å². The van der Waals surface area contributed by atoms with E-state index in [1.165, 1.54) is 4.68 Å². The molecule has 0 spiro atoms. The number of carboxylic acids is 1. The Hall–Kier alpha value is -1.59. The molecule has 6 nitrogen and oxygen atoms in total. The van der Waals surface area contributed by atoms with E-state index in [2.05, 4.69) is 5.10 Å². The van der Waals surface area contributed by atoms with Gasteiger partial charge in [0.05, 0.1) is 13.0 Å². The molecule has 6 heteroatoms. The standard InChI is InChI=1S/C9H15N3O3/c1-3-7-10-12(6-5-8(13)14)9(15)11(7)4-2/h3-6H2,1-2H3,(H,13,14). The fourth-order valence-corrected chi connectivity index (χ4v) is 1.41. The van der Waals surface area contributed by atoms with E-state index in [0.29, 0.717) is 18.8 Å². The number of hydrogen-bond donors (Lipinski definition) is 1. The van der Waals surface area contributed by atoms with Crippen LogP contribution < -0.4 is 5.69 Å². The van der Waals surface area contributed by atoms with Crippen LogP contribution in [0.2, 0.25) is 0 Å². The summed E-state index contributed by atoms with van der Waals surface area (Å²) < 4.78 is 2.78. The highest BCUT2D eigenvalue weighted by Crippen LogP contribution is 1.95. The van der Waals surface area contributed by atoms with Crippen LogP contribution in [-0.4, -0.2) is 25.4 Å². The number of rotatable bonds is 5. The Labute approximate surface area is 87.1 Å². The summed E-state index contributed by atoms with van der Waals surface area (Å²) in [5.41, 5.74) is -0.226. The second-order valence-electron chi connectivity index (χ2n) is 3.16. The third-order valence-corrected chi connectivity index (χ3v) is 2.17. The first-order chi connectivity index (χ1) is 7.10. The van der Waals surface area contributed by atoms with Crippen molar-refractivity contribution in [1.29, 1.82) is 0 Å². The molecule has 0 aliphatic heterocycles. The van der Waals surface area contributed by atoms with Crippen LogP contribution in [0.4, 0.5) is 0 Å². The molecule has 1 N–H and O–H groups in total. The lowest BCUT2D eigenvalue weighted by atomic mass is 10.4. The van der Waals surface area contributed by atoms with Gasteiger partial charge in [0.1, 0.15) is 5.82 Å².